The smallest absolute Gasteiger partial charge is 0.220 e. The molecule has 2 N–H and O–H groups in total. The van der Waals surface area contributed by atoms with E-state index in [4.69, 9.17) is 11.6 Å². The minimum Gasteiger partial charge on any atom is -0.508 e. The van der Waals surface area contributed by atoms with Crippen LogP contribution in [0.2, 0.25) is 0 Å². The number of fused-ring (bicyclic) bond motifs is 1. The van der Waals surface area contributed by atoms with Gasteiger partial charge >= 0.3 is 0 Å². The second kappa shape index (κ2) is 7.09. The van der Waals surface area contributed by atoms with Crippen molar-refractivity contribution in [3.05, 3.63) is 18.2 Å². The third-order valence-electron chi connectivity index (χ3n) is 3.27. The molecular weight excluding hydrogens is 296 g/mol. The van der Waals surface area contributed by atoms with E-state index in [1.807, 2.05) is 13.1 Å². The minimum absolute atomic E-state index is 0.0615. The Balaban J connectivity index is 1.80. The Bertz CT molecular complexity index is 484. The fourth-order valence-electron chi connectivity index (χ4n) is 2.17. The molecule has 1 amide bonds. The summed E-state index contributed by atoms with van der Waals surface area (Å²) in [7, 11) is 2.04. The van der Waals surface area contributed by atoms with Gasteiger partial charge in [0.05, 0.1) is 11.1 Å². The summed E-state index contributed by atoms with van der Waals surface area (Å²) < 4.78 is 0. The summed E-state index contributed by atoms with van der Waals surface area (Å²) in [5.74, 6) is 0.874. The monoisotopic (exact) mass is 314 g/mol. The Kier molecular flexibility index (Phi) is 5.43. The molecule has 0 aliphatic carbocycles. The molecule has 0 spiro atoms. The molecule has 0 fully saturated rings. The molecule has 1 aromatic rings. The van der Waals surface area contributed by atoms with Gasteiger partial charge in [-0.05, 0) is 31.0 Å². The van der Waals surface area contributed by atoms with Crippen LogP contribution in [0.15, 0.2) is 23.1 Å². The van der Waals surface area contributed by atoms with Gasteiger partial charge in [-0.15, -0.1) is 11.6 Å². The van der Waals surface area contributed by atoms with Gasteiger partial charge in [0.15, 0.2) is 0 Å². The van der Waals surface area contributed by atoms with Gasteiger partial charge in [-0.3, -0.25) is 4.79 Å². The van der Waals surface area contributed by atoms with E-state index >= 15 is 0 Å². The summed E-state index contributed by atoms with van der Waals surface area (Å²) in [5, 5.41) is 12.7. The van der Waals surface area contributed by atoms with Crippen molar-refractivity contribution < 1.29 is 9.90 Å². The maximum Gasteiger partial charge on any atom is 0.220 e. The molecule has 110 valence electrons. The quantitative estimate of drug-likeness (QED) is 0.793. The highest BCUT2D eigenvalue weighted by atomic mass is 35.5. The fraction of sp³-hybridized carbons (Fsp3) is 0.500. The van der Waals surface area contributed by atoms with Crippen LogP contribution < -0.4 is 10.2 Å². The molecular formula is C14H19ClN2O2S. The number of thioether (sulfide) groups is 1. The zero-order chi connectivity index (χ0) is 14.5. The number of amides is 1. The van der Waals surface area contributed by atoms with E-state index in [-0.39, 0.29) is 5.91 Å². The number of phenols is 1. The molecule has 4 nitrogen and oxygen atoms in total. The first-order chi connectivity index (χ1) is 9.61. The topological polar surface area (TPSA) is 52.6 Å². The number of nitrogens with zero attached hydrogens (tertiary/aromatic N) is 1. The summed E-state index contributed by atoms with van der Waals surface area (Å²) in [6.07, 6.45) is 2.07. The number of hydrogen-bond acceptors (Lipinski definition) is 4. The van der Waals surface area contributed by atoms with E-state index in [9.17, 15) is 9.90 Å². The van der Waals surface area contributed by atoms with E-state index < -0.39 is 0 Å². The van der Waals surface area contributed by atoms with Gasteiger partial charge in [-0.1, -0.05) is 11.8 Å². The molecule has 1 heterocycles. The zero-order valence-electron chi connectivity index (χ0n) is 11.4. The maximum atomic E-state index is 11.5. The van der Waals surface area contributed by atoms with Crippen LogP contribution in [0, 0.1) is 0 Å². The first kappa shape index (κ1) is 15.3. The maximum absolute atomic E-state index is 11.5. The van der Waals surface area contributed by atoms with Crippen LogP contribution in [0.3, 0.4) is 0 Å². The van der Waals surface area contributed by atoms with Gasteiger partial charge in [0.1, 0.15) is 5.75 Å². The zero-order valence-corrected chi connectivity index (χ0v) is 13.0. The van der Waals surface area contributed by atoms with Crippen molar-refractivity contribution in [3.63, 3.8) is 0 Å². The summed E-state index contributed by atoms with van der Waals surface area (Å²) in [6, 6.07) is 5.42. The molecule has 0 radical (unpaired) electrons. The summed E-state index contributed by atoms with van der Waals surface area (Å²) in [5.41, 5.74) is 1.13. The molecule has 0 saturated carbocycles. The SMILES string of the molecule is CN1c2ccc(O)cc2SC1CCNC(=O)CCCCl. The Morgan fingerprint density at radius 3 is 3.10 bits per heavy atom. The number of carbonyl (C=O) groups excluding carboxylic acids is 1. The number of phenolic OH excluding ortho intramolecular Hbond substituents is 1. The molecule has 2 rings (SSSR count). The molecule has 0 bridgehead atoms. The summed E-state index contributed by atoms with van der Waals surface area (Å²) in [4.78, 5) is 14.8. The molecule has 0 saturated heterocycles. The van der Waals surface area contributed by atoms with Crippen LogP contribution in [0.5, 0.6) is 5.75 Å². The first-order valence-corrected chi connectivity index (χ1v) is 8.08. The van der Waals surface area contributed by atoms with E-state index in [1.54, 1.807) is 23.9 Å². The standard InChI is InChI=1S/C14H19ClN2O2S/c1-17-11-5-4-10(18)9-12(11)20-14(17)6-8-16-13(19)3-2-7-15/h4-5,9,14,18H,2-3,6-8H2,1H3,(H,16,19). The number of benzene rings is 1. The molecule has 1 unspecified atom stereocenters. The van der Waals surface area contributed by atoms with Crippen molar-refractivity contribution in [2.45, 2.75) is 29.5 Å². The molecule has 1 aliphatic rings. The van der Waals surface area contributed by atoms with Crippen molar-refractivity contribution in [2.24, 2.45) is 0 Å². The third kappa shape index (κ3) is 3.73. The lowest BCUT2D eigenvalue weighted by atomic mass is 10.2. The predicted octanol–water partition coefficient (Wildman–Crippen LogP) is 2.79. The van der Waals surface area contributed by atoms with Crippen molar-refractivity contribution in [2.75, 3.05) is 24.4 Å². The van der Waals surface area contributed by atoms with Crippen LogP contribution in [-0.4, -0.2) is 35.9 Å². The lowest BCUT2D eigenvalue weighted by molar-refractivity contribution is -0.121. The minimum atomic E-state index is 0.0615. The number of alkyl halides is 1. The van der Waals surface area contributed by atoms with Gasteiger partial charge in [-0.25, -0.2) is 0 Å². The second-order valence-corrected chi connectivity index (χ2v) is 6.36. The summed E-state index contributed by atoms with van der Waals surface area (Å²) in [6.45, 7) is 0.656. The Morgan fingerprint density at radius 2 is 2.35 bits per heavy atom. The fourth-order valence-corrected chi connectivity index (χ4v) is 3.63. The lowest BCUT2D eigenvalue weighted by Crippen LogP contribution is -2.31. The van der Waals surface area contributed by atoms with Gasteiger partial charge in [0.25, 0.3) is 0 Å². The Morgan fingerprint density at radius 1 is 1.55 bits per heavy atom. The van der Waals surface area contributed by atoms with Crippen LogP contribution in [0.1, 0.15) is 19.3 Å². The molecule has 6 heteroatoms. The van der Waals surface area contributed by atoms with Crippen molar-refractivity contribution in [1.82, 2.24) is 5.32 Å². The number of rotatable bonds is 6. The van der Waals surface area contributed by atoms with Gasteiger partial charge in [0, 0.05) is 30.8 Å². The Hall–Kier alpha value is -1.07. The van der Waals surface area contributed by atoms with Gasteiger partial charge in [-0.2, -0.15) is 0 Å². The average Bonchev–Trinajstić information content (AvgIpc) is 2.72. The largest absolute Gasteiger partial charge is 0.508 e. The highest BCUT2D eigenvalue weighted by Crippen LogP contribution is 2.44. The molecule has 1 atom stereocenters. The molecule has 0 aromatic heterocycles. The van der Waals surface area contributed by atoms with E-state index in [0.29, 0.717) is 30.0 Å². The van der Waals surface area contributed by atoms with Crippen LogP contribution in [-0.2, 0) is 4.79 Å². The predicted molar refractivity (Wildman–Crippen MR) is 83.7 cm³/mol. The van der Waals surface area contributed by atoms with Gasteiger partial charge in [0.2, 0.25) is 5.91 Å². The second-order valence-electron chi connectivity index (χ2n) is 4.77. The highest BCUT2D eigenvalue weighted by Gasteiger charge is 2.27. The van der Waals surface area contributed by atoms with E-state index in [0.717, 1.165) is 23.4 Å². The highest BCUT2D eigenvalue weighted by molar-refractivity contribution is 8.00. The van der Waals surface area contributed by atoms with Crippen LogP contribution >= 0.6 is 23.4 Å². The Labute approximate surface area is 128 Å². The van der Waals surface area contributed by atoms with Crippen LogP contribution in [0.25, 0.3) is 0 Å². The van der Waals surface area contributed by atoms with Crippen molar-refractivity contribution in [1.29, 1.82) is 0 Å². The lowest BCUT2D eigenvalue weighted by Gasteiger charge is -2.21. The van der Waals surface area contributed by atoms with E-state index in [1.165, 1.54) is 0 Å². The number of hydrogen-bond donors (Lipinski definition) is 2. The number of carbonyl (C=O) groups is 1. The van der Waals surface area contributed by atoms with Crippen LogP contribution in [0.4, 0.5) is 5.69 Å². The molecule has 1 aliphatic heterocycles. The summed E-state index contributed by atoms with van der Waals surface area (Å²) >= 11 is 7.28. The number of halogens is 1. The number of aromatic hydroxyl groups is 1. The van der Waals surface area contributed by atoms with E-state index in [2.05, 4.69) is 10.2 Å². The number of anilines is 1. The number of nitrogens with one attached hydrogen (secondary N) is 1. The van der Waals surface area contributed by atoms with Crippen molar-refractivity contribution in [3.8, 4) is 5.75 Å². The van der Waals surface area contributed by atoms with Gasteiger partial charge < -0.3 is 15.3 Å². The molecule has 20 heavy (non-hydrogen) atoms. The third-order valence-corrected chi connectivity index (χ3v) is 4.94. The molecule has 1 aromatic carbocycles. The average molecular weight is 315 g/mol. The normalized spacial score (nSPS) is 17.1. The first-order valence-electron chi connectivity index (χ1n) is 6.67. The van der Waals surface area contributed by atoms with Crippen molar-refractivity contribution >= 4 is 35.0 Å².